The number of aromatic nitrogens is 5. The molecule has 0 aromatic carbocycles. The van der Waals surface area contributed by atoms with E-state index in [1.54, 1.807) is 17.8 Å². The molecule has 1 unspecified atom stereocenters. The van der Waals surface area contributed by atoms with Crippen molar-refractivity contribution in [3.63, 3.8) is 0 Å². The second-order valence-electron chi connectivity index (χ2n) is 8.17. The molecule has 3 N–H and O–H groups in total. The van der Waals surface area contributed by atoms with Gasteiger partial charge in [0.2, 0.25) is 0 Å². The first kappa shape index (κ1) is 21.9. The summed E-state index contributed by atoms with van der Waals surface area (Å²) >= 11 is 0. The number of esters is 1. The molecule has 32 heavy (non-hydrogen) atoms. The molecule has 1 saturated heterocycles. The Bertz CT molecular complexity index is 1190. The normalized spacial score (nSPS) is 15.5. The lowest BCUT2D eigenvalue weighted by molar-refractivity contribution is -0.148. The van der Waals surface area contributed by atoms with Crippen molar-refractivity contribution >= 4 is 28.5 Å². The third-order valence-corrected chi connectivity index (χ3v) is 5.71. The lowest BCUT2D eigenvalue weighted by atomic mass is 10.0. The fourth-order valence-corrected chi connectivity index (χ4v) is 4.17. The maximum atomic E-state index is 13.3. The molecule has 1 fully saturated rings. The molecule has 0 radical (unpaired) electrons. The Morgan fingerprint density at radius 2 is 2.06 bits per heavy atom. The van der Waals surface area contributed by atoms with Crippen LogP contribution in [0.5, 0.6) is 0 Å². The number of aryl methyl sites for hydroxylation is 1. The number of H-pyrrole nitrogens is 1. The Kier molecular flexibility index (Phi) is 5.92. The van der Waals surface area contributed by atoms with E-state index in [2.05, 4.69) is 20.2 Å². The molecule has 0 bridgehead atoms. The van der Waals surface area contributed by atoms with E-state index in [1.807, 2.05) is 27.0 Å². The van der Waals surface area contributed by atoms with Gasteiger partial charge >= 0.3 is 5.97 Å². The number of nitrogens with two attached hydrogens (primary N) is 1. The number of aromatic amines is 1. The van der Waals surface area contributed by atoms with Crippen LogP contribution in [0, 0.1) is 5.92 Å². The van der Waals surface area contributed by atoms with Crippen molar-refractivity contribution in [1.29, 1.82) is 0 Å². The van der Waals surface area contributed by atoms with Crippen LogP contribution in [-0.2, 0) is 21.3 Å². The highest BCUT2D eigenvalue weighted by Crippen LogP contribution is 2.31. The minimum atomic E-state index is -0.803. The number of nitrogen functional groups attached to an aromatic ring is 1. The van der Waals surface area contributed by atoms with Gasteiger partial charge in [-0.25, -0.2) is 4.79 Å². The molecule has 4 heterocycles. The zero-order chi connectivity index (χ0) is 23.0. The number of anilines is 2. The maximum absolute atomic E-state index is 13.3. The summed E-state index contributed by atoms with van der Waals surface area (Å²) in [7, 11) is 1.87. The number of fused-ring (bicyclic) bond motifs is 1. The van der Waals surface area contributed by atoms with Crippen LogP contribution in [0.3, 0.4) is 0 Å². The molecule has 11 heteroatoms. The molecule has 4 rings (SSSR count). The van der Waals surface area contributed by atoms with Crippen LogP contribution in [0.15, 0.2) is 17.1 Å². The van der Waals surface area contributed by atoms with Crippen molar-refractivity contribution in [2.45, 2.75) is 26.8 Å². The van der Waals surface area contributed by atoms with E-state index in [1.165, 1.54) is 4.57 Å². The van der Waals surface area contributed by atoms with Crippen LogP contribution in [0.1, 0.15) is 26.8 Å². The summed E-state index contributed by atoms with van der Waals surface area (Å²) in [5, 5.41) is 11.8. The minimum Gasteiger partial charge on any atom is -0.464 e. The molecule has 1 aliphatic heterocycles. The van der Waals surface area contributed by atoms with Crippen LogP contribution in [-0.4, -0.2) is 63.4 Å². The van der Waals surface area contributed by atoms with E-state index in [0.717, 1.165) is 18.9 Å². The summed E-state index contributed by atoms with van der Waals surface area (Å²) in [6.07, 6.45) is 1.65. The lowest BCUT2D eigenvalue weighted by Crippen LogP contribution is -2.37. The summed E-state index contributed by atoms with van der Waals surface area (Å²) in [6.45, 7) is 8.55. The summed E-state index contributed by atoms with van der Waals surface area (Å²) in [6, 6.07) is 1.16. The first-order valence-corrected chi connectivity index (χ1v) is 10.8. The van der Waals surface area contributed by atoms with E-state index < -0.39 is 17.6 Å². The van der Waals surface area contributed by atoms with Crippen molar-refractivity contribution < 1.29 is 14.3 Å². The average molecular weight is 444 g/mol. The molecule has 1 aliphatic rings. The zero-order valence-electron chi connectivity index (χ0n) is 18.8. The Morgan fingerprint density at radius 3 is 2.72 bits per heavy atom. The smallest absolute Gasteiger partial charge is 0.329 e. The molecule has 172 valence electrons. The maximum Gasteiger partial charge on any atom is 0.329 e. The number of nitrogens with zero attached hydrogens (tertiary/aromatic N) is 5. The molecule has 0 aliphatic carbocycles. The highest BCUT2D eigenvalue weighted by atomic mass is 16.5. The Morgan fingerprint density at radius 1 is 1.34 bits per heavy atom. The van der Waals surface area contributed by atoms with Gasteiger partial charge in [-0.1, -0.05) is 13.8 Å². The Hall–Kier alpha value is -3.34. The summed E-state index contributed by atoms with van der Waals surface area (Å²) < 4.78 is 13.9. The molecule has 0 saturated carbocycles. The summed E-state index contributed by atoms with van der Waals surface area (Å²) in [4.78, 5) is 28.3. The van der Waals surface area contributed by atoms with Gasteiger partial charge in [0.05, 0.1) is 31.0 Å². The van der Waals surface area contributed by atoms with Gasteiger partial charge in [0.15, 0.2) is 5.82 Å². The number of hydrogen-bond donors (Lipinski definition) is 2. The number of carbonyl (C=O) groups excluding carboxylic acids is 1. The number of hydrogen-bond acceptors (Lipinski definition) is 8. The van der Waals surface area contributed by atoms with Gasteiger partial charge in [0.25, 0.3) is 5.56 Å². The van der Waals surface area contributed by atoms with Gasteiger partial charge in [0.1, 0.15) is 17.2 Å². The lowest BCUT2D eigenvalue weighted by Gasteiger charge is -2.28. The van der Waals surface area contributed by atoms with Gasteiger partial charge in [-0.05, 0) is 12.8 Å². The van der Waals surface area contributed by atoms with Gasteiger partial charge < -0.3 is 20.1 Å². The predicted octanol–water partition coefficient (Wildman–Crippen LogP) is 1.30. The summed E-state index contributed by atoms with van der Waals surface area (Å²) in [5.41, 5.74) is 7.40. The molecule has 1 atom stereocenters. The van der Waals surface area contributed by atoms with Crippen LogP contribution < -0.4 is 16.2 Å². The molecular formula is C21H29N7O4. The number of carbonyl (C=O) groups is 1. The predicted molar refractivity (Wildman–Crippen MR) is 121 cm³/mol. The van der Waals surface area contributed by atoms with Gasteiger partial charge in [-0.2, -0.15) is 10.2 Å². The van der Waals surface area contributed by atoms with Gasteiger partial charge in [-0.15, -0.1) is 0 Å². The SMILES string of the molecule is CCOC(=O)C(C(C)C)n1cc(-c2cc(N3CCOCC3)n(C)n2)c2[nH]nc(N)c2c1=O. The van der Waals surface area contributed by atoms with E-state index in [4.69, 9.17) is 15.2 Å². The summed E-state index contributed by atoms with van der Waals surface area (Å²) in [5.74, 6) is 0.369. The van der Waals surface area contributed by atoms with Crippen molar-refractivity contribution in [2.24, 2.45) is 13.0 Å². The second kappa shape index (κ2) is 8.65. The van der Waals surface area contributed by atoms with Gasteiger partial charge in [-0.3, -0.25) is 19.1 Å². The van der Waals surface area contributed by atoms with E-state index in [-0.39, 0.29) is 23.7 Å². The standard InChI is InChI=1S/C21H29N7O4/c1-5-32-21(30)18(12(2)3)28-11-13(17-16(20(28)29)19(22)24-23-17)14-10-15(26(4)25-14)27-6-8-31-9-7-27/h10-12,18H,5-9H2,1-4H3,(H3,22,23,24). The van der Waals surface area contributed by atoms with Crippen LogP contribution in [0.25, 0.3) is 22.2 Å². The van der Waals surface area contributed by atoms with E-state index >= 15 is 0 Å². The fraction of sp³-hybridized carbons (Fsp3) is 0.524. The number of pyridine rings is 1. The number of nitrogens with one attached hydrogen (secondary N) is 1. The highest BCUT2D eigenvalue weighted by molar-refractivity contribution is 5.98. The van der Waals surface area contributed by atoms with Crippen LogP contribution >= 0.6 is 0 Å². The minimum absolute atomic E-state index is 0.0799. The molecule has 11 nitrogen and oxygen atoms in total. The molecule has 0 amide bonds. The van der Waals surface area contributed by atoms with E-state index in [0.29, 0.717) is 30.0 Å². The van der Waals surface area contributed by atoms with Crippen molar-refractivity contribution in [2.75, 3.05) is 43.5 Å². The quantitative estimate of drug-likeness (QED) is 0.545. The first-order chi connectivity index (χ1) is 15.3. The van der Waals surface area contributed by atoms with Crippen molar-refractivity contribution in [3.05, 3.63) is 22.6 Å². The Labute approximate surface area is 185 Å². The average Bonchev–Trinajstić information content (AvgIpc) is 3.34. The van der Waals surface area contributed by atoms with Crippen molar-refractivity contribution in [3.8, 4) is 11.3 Å². The van der Waals surface area contributed by atoms with Gasteiger partial charge in [0, 0.05) is 38.0 Å². The second-order valence-corrected chi connectivity index (χ2v) is 8.17. The Balaban J connectivity index is 1.90. The number of ether oxygens (including phenoxy) is 2. The molecular weight excluding hydrogens is 414 g/mol. The van der Waals surface area contributed by atoms with Crippen LogP contribution in [0.2, 0.25) is 0 Å². The first-order valence-electron chi connectivity index (χ1n) is 10.8. The van der Waals surface area contributed by atoms with Crippen LogP contribution in [0.4, 0.5) is 11.6 Å². The largest absolute Gasteiger partial charge is 0.464 e. The number of morpholine rings is 1. The van der Waals surface area contributed by atoms with Crippen molar-refractivity contribution in [1.82, 2.24) is 24.5 Å². The molecule has 3 aromatic rings. The third kappa shape index (κ3) is 3.72. The fourth-order valence-electron chi connectivity index (χ4n) is 4.17. The van der Waals surface area contributed by atoms with E-state index in [9.17, 15) is 9.59 Å². The third-order valence-electron chi connectivity index (χ3n) is 5.71. The molecule has 0 spiro atoms. The highest BCUT2D eigenvalue weighted by Gasteiger charge is 2.29. The molecule has 3 aromatic heterocycles. The monoisotopic (exact) mass is 443 g/mol. The zero-order valence-corrected chi connectivity index (χ0v) is 18.8. The number of rotatable bonds is 6. The topological polar surface area (TPSA) is 133 Å².